The minimum absolute atomic E-state index is 0.622. The number of likely N-dealkylation sites (N-methyl/N-ethyl adjacent to an activating group) is 2. The molecule has 34 heavy (non-hydrogen) atoms. The molecule has 2 aromatic heterocycles. The zero-order valence-electron chi connectivity index (χ0n) is 18.6. The molecule has 0 aliphatic carbocycles. The van der Waals surface area contributed by atoms with Gasteiger partial charge in [0.2, 0.25) is 0 Å². The second-order valence-corrected chi connectivity index (χ2v) is 8.32. The summed E-state index contributed by atoms with van der Waals surface area (Å²) in [4.78, 5) is 4.12. The van der Waals surface area contributed by atoms with E-state index in [0.717, 1.165) is 24.5 Å². The summed E-state index contributed by atoms with van der Waals surface area (Å²) in [5, 5.41) is 25.1. The Morgan fingerprint density at radius 2 is 1.06 bits per heavy atom. The van der Waals surface area contributed by atoms with E-state index in [1.807, 2.05) is 62.9 Å². The number of hydrogen-bond donors (Lipinski definition) is 0. The summed E-state index contributed by atoms with van der Waals surface area (Å²) in [5.41, 5.74) is 1.67. The SMILES string of the molecule is CN(C=Cc1nnnn1-c1ccc(Cl)cc1)CCN(C)C=Cc1nnnn1-c1ccc(Cl)cc1. The number of tetrazole rings is 2. The van der Waals surface area contributed by atoms with E-state index in [4.69, 9.17) is 23.2 Å². The van der Waals surface area contributed by atoms with Gasteiger partial charge in [0.25, 0.3) is 0 Å². The third kappa shape index (κ3) is 5.97. The second kappa shape index (κ2) is 10.9. The fraction of sp³-hybridized carbons (Fsp3) is 0.182. The Hall–Kier alpha value is -3.76. The smallest absolute Gasteiger partial charge is 0.181 e. The summed E-state index contributed by atoms with van der Waals surface area (Å²) >= 11 is 11.9. The van der Waals surface area contributed by atoms with Crippen molar-refractivity contribution in [2.75, 3.05) is 27.2 Å². The number of aromatic nitrogens is 8. The molecule has 0 aliphatic heterocycles. The van der Waals surface area contributed by atoms with Crippen molar-refractivity contribution in [1.29, 1.82) is 0 Å². The maximum Gasteiger partial charge on any atom is 0.181 e. The third-order valence-corrected chi connectivity index (χ3v) is 5.40. The molecule has 0 fully saturated rings. The van der Waals surface area contributed by atoms with Crippen LogP contribution >= 0.6 is 23.2 Å². The fourth-order valence-electron chi connectivity index (χ4n) is 2.98. The molecule has 2 heterocycles. The highest BCUT2D eigenvalue weighted by Crippen LogP contribution is 2.15. The first-order valence-electron chi connectivity index (χ1n) is 10.3. The molecule has 0 aliphatic rings. The van der Waals surface area contributed by atoms with Gasteiger partial charge in [-0.05, 0) is 69.4 Å². The lowest BCUT2D eigenvalue weighted by atomic mass is 10.3. The van der Waals surface area contributed by atoms with Crippen LogP contribution in [-0.2, 0) is 0 Å². The average molecular weight is 497 g/mol. The van der Waals surface area contributed by atoms with Crippen LogP contribution in [0.2, 0.25) is 10.0 Å². The summed E-state index contributed by atoms with van der Waals surface area (Å²) < 4.78 is 3.31. The van der Waals surface area contributed by atoms with Crippen LogP contribution in [0.25, 0.3) is 23.5 Å². The quantitative estimate of drug-likeness (QED) is 0.347. The number of benzene rings is 2. The molecular weight excluding hydrogens is 475 g/mol. The van der Waals surface area contributed by atoms with Gasteiger partial charge in [-0.15, -0.1) is 10.2 Å². The normalized spacial score (nSPS) is 11.5. The maximum absolute atomic E-state index is 5.96. The monoisotopic (exact) mass is 496 g/mol. The summed E-state index contributed by atoms with van der Waals surface area (Å²) in [5.74, 6) is 1.24. The Morgan fingerprint density at radius 1 is 0.676 bits per heavy atom. The molecule has 0 atom stereocenters. The van der Waals surface area contributed by atoms with E-state index in [-0.39, 0.29) is 0 Å². The molecule has 0 spiro atoms. The zero-order valence-corrected chi connectivity index (χ0v) is 20.1. The number of rotatable bonds is 9. The summed E-state index contributed by atoms with van der Waals surface area (Å²) in [7, 11) is 3.98. The molecule has 10 nitrogen and oxygen atoms in total. The lowest BCUT2D eigenvalue weighted by Crippen LogP contribution is -2.24. The number of nitrogens with zero attached hydrogens (tertiary/aromatic N) is 10. The van der Waals surface area contributed by atoms with Crippen LogP contribution in [0.5, 0.6) is 0 Å². The lowest BCUT2D eigenvalue weighted by Gasteiger charge is -2.19. The molecule has 4 aromatic rings. The Morgan fingerprint density at radius 3 is 1.44 bits per heavy atom. The molecule has 0 amide bonds. The molecule has 0 N–H and O–H groups in total. The van der Waals surface area contributed by atoms with Gasteiger partial charge in [0.1, 0.15) is 0 Å². The van der Waals surface area contributed by atoms with Gasteiger partial charge < -0.3 is 9.80 Å². The maximum atomic E-state index is 5.96. The van der Waals surface area contributed by atoms with Crippen molar-refractivity contribution in [3.05, 3.63) is 82.6 Å². The van der Waals surface area contributed by atoms with E-state index in [9.17, 15) is 0 Å². The van der Waals surface area contributed by atoms with Crippen molar-refractivity contribution in [2.45, 2.75) is 0 Å². The van der Waals surface area contributed by atoms with Crippen molar-refractivity contribution in [1.82, 2.24) is 50.2 Å². The van der Waals surface area contributed by atoms with Gasteiger partial charge in [-0.2, -0.15) is 9.36 Å². The van der Waals surface area contributed by atoms with Gasteiger partial charge in [0, 0.05) is 61.8 Å². The zero-order chi connectivity index (χ0) is 23.9. The molecule has 0 saturated heterocycles. The predicted octanol–water partition coefficient (Wildman–Crippen LogP) is 3.45. The summed E-state index contributed by atoms with van der Waals surface area (Å²) in [6.45, 7) is 1.56. The first-order chi connectivity index (χ1) is 16.5. The molecule has 12 heteroatoms. The predicted molar refractivity (Wildman–Crippen MR) is 132 cm³/mol. The van der Waals surface area contributed by atoms with Crippen molar-refractivity contribution in [2.24, 2.45) is 0 Å². The highest BCUT2D eigenvalue weighted by atomic mass is 35.5. The highest BCUT2D eigenvalue weighted by Gasteiger charge is 2.07. The average Bonchev–Trinajstić information content (AvgIpc) is 3.51. The van der Waals surface area contributed by atoms with Crippen LogP contribution in [0, 0.1) is 0 Å². The lowest BCUT2D eigenvalue weighted by molar-refractivity contribution is 0.367. The molecule has 0 radical (unpaired) electrons. The van der Waals surface area contributed by atoms with E-state index in [0.29, 0.717) is 21.7 Å². The summed E-state index contributed by atoms with van der Waals surface area (Å²) in [6.07, 6.45) is 7.61. The Balaban J connectivity index is 1.32. The molecule has 0 unspecified atom stereocenters. The summed E-state index contributed by atoms with van der Waals surface area (Å²) in [6, 6.07) is 14.7. The molecule has 4 rings (SSSR count). The van der Waals surface area contributed by atoms with E-state index in [2.05, 4.69) is 40.9 Å². The largest absolute Gasteiger partial charge is 0.379 e. The van der Waals surface area contributed by atoms with E-state index >= 15 is 0 Å². The minimum atomic E-state index is 0.622. The van der Waals surface area contributed by atoms with Gasteiger partial charge >= 0.3 is 0 Å². The van der Waals surface area contributed by atoms with Crippen LogP contribution in [0.3, 0.4) is 0 Å². The molecule has 174 valence electrons. The third-order valence-electron chi connectivity index (χ3n) is 4.89. The first kappa shape index (κ1) is 23.4. The molecule has 2 aromatic carbocycles. The first-order valence-corrected chi connectivity index (χ1v) is 11.1. The Kier molecular flexibility index (Phi) is 7.51. The molecule has 0 saturated carbocycles. The van der Waals surface area contributed by atoms with Gasteiger partial charge in [0.15, 0.2) is 11.6 Å². The highest BCUT2D eigenvalue weighted by molar-refractivity contribution is 6.30. The van der Waals surface area contributed by atoms with Crippen molar-refractivity contribution < 1.29 is 0 Å². The molecular formula is C22H22Cl2N10. The standard InChI is InChI=1S/C22H22Cl2N10/c1-31(13-11-21-25-27-29-33(21)19-7-3-17(23)4-8-19)15-16-32(2)14-12-22-26-28-30-34(22)20-9-5-18(24)6-10-20/h3-14H,15-16H2,1-2H3. The van der Waals surface area contributed by atoms with Gasteiger partial charge in [-0.3, -0.25) is 0 Å². The topological polar surface area (TPSA) is 93.7 Å². The number of halogens is 2. The second-order valence-electron chi connectivity index (χ2n) is 7.44. The fourth-order valence-corrected chi connectivity index (χ4v) is 3.23. The van der Waals surface area contributed by atoms with Crippen LogP contribution in [0.4, 0.5) is 0 Å². The minimum Gasteiger partial charge on any atom is -0.379 e. The van der Waals surface area contributed by atoms with Gasteiger partial charge in [-0.1, -0.05) is 23.2 Å². The van der Waals surface area contributed by atoms with Gasteiger partial charge in [-0.25, -0.2) is 0 Å². The van der Waals surface area contributed by atoms with E-state index in [1.165, 1.54) is 0 Å². The van der Waals surface area contributed by atoms with Crippen LogP contribution in [0.15, 0.2) is 60.9 Å². The Bertz CT molecular complexity index is 1160. The van der Waals surface area contributed by atoms with Crippen LogP contribution in [-0.4, -0.2) is 77.4 Å². The van der Waals surface area contributed by atoms with Gasteiger partial charge in [0.05, 0.1) is 11.4 Å². The van der Waals surface area contributed by atoms with E-state index in [1.54, 1.807) is 33.6 Å². The van der Waals surface area contributed by atoms with Crippen LogP contribution < -0.4 is 0 Å². The Labute approximate surface area is 206 Å². The van der Waals surface area contributed by atoms with Crippen molar-refractivity contribution in [3.63, 3.8) is 0 Å². The molecule has 0 bridgehead atoms. The van der Waals surface area contributed by atoms with Crippen LogP contribution in [0.1, 0.15) is 11.6 Å². The van der Waals surface area contributed by atoms with Crippen molar-refractivity contribution >= 4 is 35.4 Å². The number of hydrogen-bond acceptors (Lipinski definition) is 8. The van der Waals surface area contributed by atoms with E-state index < -0.39 is 0 Å². The van der Waals surface area contributed by atoms with Crippen molar-refractivity contribution in [3.8, 4) is 11.4 Å².